The summed E-state index contributed by atoms with van der Waals surface area (Å²) in [5.74, 6) is -0.383. The van der Waals surface area contributed by atoms with Gasteiger partial charge in [-0.05, 0) is 41.0 Å². The molecule has 1 aliphatic heterocycles. The van der Waals surface area contributed by atoms with Crippen molar-refractivity contribution < 1.29 is 9.59 Å². The molecule has 0 saturated carbocycles. The Kier molecular flexibility index (Phi) is 3.95. The zero-order chi connectivity index (χ0) is 17.7. The van der Waals surface area contributed by atoms with Gasteiger partial charge in [-0.2, -0.15) is 0 Å². The lowest BCUT2D eigenvalue weighted by atomic mass is 10.0. The van der Waals surface area contributed by atoms with Crippen molar-refractivity contribution >= 4 is 57.8 Å². The second kappa shape index (κ2) is 6.03. The molecule has 1 heterocycles. The van der Waals surface area contributed by atoms with Crippen LogP contribution >= 0.6 is 34.8 Å². The number of rotatable bonds is 2. The second-order valence-corrected chi connectivity index (χ2v) is 7.04. The fourth-order valence-corrected chi connectivity index (χ4v) is 3.57. The molecule has 124 valence electrons. The number of nitrogens with one attached hydrogen (secondary N) is 1. The van der Waals surface area contributed by atoms with Crippen molar-refractivity contribution in [2.75, 3.05) is 0 Å². The number of fused-ring (bicyclic) bond motifs is 1. The topological polar surface area (TPSA) is 46.2 Å². The number of allylic oxidation sites excluding steroid dienone is 1. The predicted octanol–water partition coefficient (Wildman–Crippen LogP) is 4.91. The number of benzene rings is 2. The zero-order valence-corrected chi connectivity index (χ0v) is 15.0. The lowest BCUT2D eigenvalue weighted by molar-refractivity contribution is -0.116. The first-order valence-electron chi connectivity index (χ1n) is 7.49. The number of amides is 1. The number of carbonyl (C=O) groups excluding carboxylic acids is 2. The number of carbonyl (C=O) groups is 2. The fraction of sp³-hybridized carbons (Fsp3) is 0.0526. The molecule has 0 radical (unpaired) electrons. The van der Waals surface area contributed by atoms with Crippen molar-refractivity contribution in [1.82, 2.24) is 5.32 Å². The van der Waals surface area contributed by atoms with E-state index in [1.165, 1.54) is 0 Å². The number of hydrogen-bond donors (Lipinski definition) is 1. The molecule has 2 aromatic carbocycles. The van der Waals surface area contributed by atoms with Crippen LogP contribution in [0, 0.1) is 0 Å². The normalized spacial score (nSPS) is 16.6. The van der Waals surface area contributed by atoms with Crippen LogP contribution in [-0.4, -0.2) is 11.7 Å². The molecule has 1 aliphatic carbocycles. The first kappa shape index (κ1) is 16.4. The quantitative estimate of drug-likeness (QED) is 0.791. The van der Waals surface area contributed by atoms with Crippen molar-refractivity contribution in [3.05, 3.63) is 79.8 Å². The molecule has 1 amide bonds. The van der Waals surface area contributed by atoms with Gasteiger partial charge in [0.05, 0.1) is 26.9 Å². The Labute approximate surface area is 158 Å². The maximum absolute atomic E-state index is 12.6. The molecule has 0 saturated heterocycles. The van der Waals surface area contributed by atoms with Gasteiger partial charge in [0, 0.05) is 11.4 Å². The molecule has 3 nitrogen and oxygen atoms in total. The van der Waals surface area contributed by atoms with Crippen LogP contribution in [0.4, 0.5) is 0 Å². The van der Waals surface area contributed by atoms with Gasteiger partial charge in [-0.1, -0.05) is 53.0 Å². The molecular formula is C19H10Cl3NO2. The molecule has 1 N–H and O–H groups in total. The third-order valence-electron chi connectivity index (χ3n) is 4.28. The van der Waals surface area contributed by atoms with Crippen LogP contribution in [0.15, 0.2) is 53.6 Å². The molecule has 0 unspecified atom stereocenters. The number of Topliss-reactive ketones (excluding diaryl/α,β-unsaturated/α-hetero) is 1. The van der Waals surface area contributed by atoms with Crippen molar-refractivity contribution in [2.24, 2.45) is 0 Å². The summed E-state index contributed by atoms with van der Waals surface area (Å²) >= 11 is 18.0. The van der Waals surface area contributed by atoms with Crippen molar-refractivity contribution in [3.63, 3.8) is 0 Å². The van der Waals surface area contributed by atoms with Crippen LogP contribution in [-0.2, 0) is 9.59 Å². The average Bonchev–Trinajstić information content (AvgIpc) is 3.10. The maximum Gasteiger partial charge on any atom is 0.256 e. The molecule has 25 heavy (non-hydrogen) atoms. The Morgan fingerprint density at radius 3 is 2.16 bits per heavy atom. The molecule has 4 rings (SSSR count). The van der Waals surface area contributed by atoms with Gasteiger partial charge in [0.15, 0.2) is 5.78 Å². The highest BCUT2D eigenvalue weighted by Gasteiger charge is 2.40. The highest BCUT2D eigenvalue weighted by atomic mass is 35.5. The van der Waals surface area contributed by atoms with E-state index in [0.717, 1.165) is 11.1 Å². The van der Waals surface area contributed by atoms with E-state index < -0.39 is 0 Å². The number of ketones is 1. The van der Waals surface area contributed by atoms with Crippen LogP contribution < -0.4 is 5.32 Å². The maximum atomic E-state index is 12.6. The first-order chi connectivity index (χ1) is 12.0. The fourth-order valence-electron chi connectivity index (χ4n) is 3.14. The Morgan fingerprint density at radius 2 is 1.48 bits per heavy atom. The minimum Gasteiger partial charge on any atom is -0.321 e. The van der Waals surface area contributed by atoms with E-state index in [-0.39, 0.29) is 18.1 Å². The molecule has 0 atom stereocenters. The molecule has 0 aromatic heterocycles. The molecule has 0 fully saturated rings. The highest BCUT2D eigenvalue weighted by molar-refractivity contribution is 6.42. The van der Waals surface area contributed by atoms with Crippen LogP contribution in [0.5, 0.6) is 0 Å². The smallest absolute Gasteiger partial charge is 0.256 e. The average molecular weight is 391 g/mol. The predicted molar refractivity (Wildman–Crippen MR) is 99.5 cm³/mol. The Hall–Kier alpha value is -2.07. The van der Waals surface area contributed by atoms with E-state index in [4.69, 9.17) is 34.8 Å². The minimum atomic E-state index is -0.285. The molecule has 2 aliphatic rings. The summed E-state index contributed by atoms with van der Waals surface area (Å²) in [6, 6.07) is 12.1. The van der Waals surface area contributed by atoms with Gasteiger partial charge in [-0.25, -0.2) is 0 Å². The van der Waals surface area contributed by atoms with Crippen LogP contribution in [0.2, 0.25) is 15.1 Å². The summed E-state index contributed by atoms with van der Waals surface area (Å²) in [5.41, 5.74) is 3.49. The van der Waals surface area contributed by atoms with Gasteiger partial charge in [0.25, 0.3) is 5.91 Å². The molecule has 0 bridgehead atoms. The van der Waals surface area contributed by atoms with Gasteiger partial charge in [-0.15, -0.1) is 0 Å². The van der Waals surface area contributed by atoms with Crippen LogP contribution in [0.25, 0.3) is 11.3 Å². The summed E-state index contributed by atoms with van der Waals surface area (Å²) in [6.45, 7) is 0. The third-order valence-corrected chi connectivity index (χ3v) is 5.28. The van der Waals surface area contributed by atoms with E-state index >= 15 is 0 Å². The summed E-state index contributed by atoms with van der Waals surface area (Å²) < 4.78 is 0. The van der Waals surface area contributed by atoms with Crippen LogP contribution in [0.1, 0.15) is 17.5 Å². The molecule has 0 spiro atoms. The van der Waals surface area contributed by atoms with E-state index in [1.807, 2.05) is 0 Å². The van der Waals surface area contributed by atoms with Gasteiger partial charge in [0.2, 0.25) is 0 Å². The lowest BCUT2D eigenvalue weighted by Crippen LogP contribution is -2.16. The largest absolute Gasteiger partial charge is 0.321 e. The SMILES string of the molecule is O=C1CC(c2ccc(Cl)c(Cl)c2)=C2C(=O)NC(c3ccc(Cl)cc3)=C12. The highest BCUT2D eigenvalue weighted by Crippen LogP contribution is 2.43. The molecule has 2 aromatic rings. The number of hydrogen-bond acceptors (Lipinski definition) is 2. The summed E-state index contributed by atoms with van der Waals surface area (Å²) in [4.78, 5) is 25.2. The lowest BCUT2D eigenvalue weighted by Gasteiger charge is -2.07. The van der Waals surface area contributed by atoms with E-state index in [1.54, 1.807) is 42.5 Å². The molecular weight excluding hydrogens is 381 g/mol. The van der Waals surface area contributed by atoms with Gasteiger partial charge < -0.3 is 5.32 Å². The summed E-state index contributed by atoms with van der Waals surface area (Å²) in [5, 5.41) is 4.20. The van der Waals surface area contributed by atoms with E-state index in [2.05, 4.69) is 5.32 Å². The summed E-state index contributed by atoms with van der Waals surface area (Å²) in [7, 11) is 0. The minimum absolute atomic E-state index is 0.0978. The Balaban J connectivity index is 1.89. The Bertz CT molecular complexity index is 1000. The van der Waals surface area contributed by atoms with Gasteiger partial charge in [-0.3, -0.25) is 9.59 Å². The van der Waals surface area contributed by atoms with Gasteiger partial charge >= 0.3 is 0 Å². The molecule has 6 heteroatoms. The van der Waals surface area contributed by atoms with E-state index in [0.29, 0.717) is 37.5 Å². The Morgan fingerprint density at radius 1 is 0.800 bits per heavy atom. The first-order valence-corrected chi connectivity index (χ1v) is 8.63. The second-order valence-electron chi connectivity index (χ2n) is 5.79. The van der Waals surface area contributed by atoms with Crippen molar-refractivity contribution in [2.45, 2.75) is 6.42 Å². The summed E-state index contributed by atoms with van der Waals surface area (Å²) in [6.07, 6.45) is 0.160. The van der Waals surface area contributed by atoms with E-state index in [9.17, 15) is 9.59 Å². The van der Waals surface area contributed by atoms with Crippen molar-refractivity contribution in [3.8, 4) is 0 Å². The zero-order valence-electron chi connectivity index (χ0n) is 12.7. The van der Waals surface area contributed by atoms with Crippen LogP contribution in [0.3, 0.4) is 0 Å². The standard InChI is InChI=1S/C19H10Cl3NO2/c20-11-4-1-9(2-5-11)18-17-15(24)8-12(16(17)19(25)23-18)10-3-6-13(21)14(22)7-10/h1-7H,8H2,(H,23,25). The van der Waals surface area contributed by atoms with Crippen molar-refractivity contribution in [1.29, 1.82) is 0 Å². The monoisotopic (exact) mass is 389 g/mol. The third kappa shape index (κ3) is 2.69. The van der Waals surface area contributed by atoms with Gasteiger partial charge in [0.1, 0.15) is 0 Å². The number of halogens is 3.